The highest BCUT2D eigenvalue weighted by Gasteiger charge is 2.31. The standard InChI is InChI=1S/C3H4O2/c4-2-1-3(2)5/h2,4H,1H2/t2-/m0/s1. The van der Waals surface area contributed by atoms with Crippen molar-refractivity contribution in [2.45, 2.75) is 12.5 Å². The Morgan fingerprint density at radius 3 is 2.20 bits per heavy atom. The average molecular weight is 72.1 g/mol. The van der Waals surface area contributed by atoms with E-state index in [-0.39, 0.29) is 5.78 Å². The Bertz CT molecular complexity index is 67.3. The monoisotopic (exact) mass is 72.0 g/mol. The van der Waals surface area contributed by atoms with Gasteiger partial charge in [0.2, 0.25) is 0 Å². The molecule has 0 heterocycles. The summed E-state index contributed by atoms with van der Waals surface area (Å²) in [5, 5.41) is 8.09. The van der Waals surface area contributed by atoms with E-state index < -0.39 is 6.10 Å². The molecular formula is C3H4O2. The van der Waals surface area contributed by atoms with E-state index in [0.29, 0.717) is 6.42 Å². The summed E-state index contributed by atoms with van der Waals surface area (Å²) in [6.07, 6.45) is -0.199. The molecule has 1 atom stereocenters. The number of carbonyl (C=O) groups is 1. The molecule has 1 N–H and O–H groups in total. The lowest BCUT2D eigenvalue weighted by atomic mass is 10.9. The first-order valence-corrected chi connectivity index (χ1v) is 1.51. The highest BCUT2D eigenvalue weighted by Crippen LogP contribution is 2.11. The van der Waals surface area contributed by atoms with E-state index in [4.69, 9.17) is 5.11 Å². The van der Waals surface area contributed by atoms with Gasteiger partial charge in [-0.1, -0.05) is 0 Å². The molecule has 0 amide bonds. The fraction of sp³-hybridized carbons (Fsp3) is 0.667. The maximum atomic E-state index is 9.64. The second-order valence-corrected chi connectivity index (χ2v) is 1.19. The van der Waals surface area contributed by atoms with Crippen LogP contribution in [0.25, 0.3) is 0 Å². The largest absolute Gasteiger partial charge is 0.385 e. The molecule has 0 spiro atoms. The van der Waals surface area contributed by atoms with Crippen LogP contribution in [0.5, 0.6) is 0 Å². The second kappa shape index (κ2) is 0.571. The summed E-state index contributed by atoms with van der Waals surface area (Å²) < 4.78 is 0. The van der Waals surface area contributed by atoms with Crippen LogP contribution in [0.15, 0.2) is 0 Å². The van der Waals surface area contributed by atoms with Crippen molar-refractivity contribution < 1.29 is 9.90 Å². The highest BCUT2D eigenvalue weighted by molar-refractivity contribution is 5.98. The number of aliphatic hydroxyl groups excluding tert-OH is 1. The van der Waals surface area contributed by atoms with Crippen molar-refractivity contribution in [1.82, 2.24) is 0 Å². The summed E-state index contributed by atoms with van der Waals surface area (Å²) in [7, 11) is 0. The summed E-state index contributed by atoms with van der Waals surface area (Å²) >= 11 is 0. The number of carbonyl (C=O) groups excluding carboxylic acids is 1. The molecule has 0 radical (unpaired) electrons. The Kier molecular flexibility index (Phi) is 0.325. The molecule has 0 bridgehead atoms. The van der Waals surface area contributed by atoms with Crippen molar-refractivity contribution in [3.05, 3.63) is 0 Å². The van der Waals surface area contributed by atoms with Gasteiger partial charge in [0.25, 0.3) is 0 Å². The molecule has 0 saturated heterocycles. The van der Waals surface area contributed by atoms with Crippen LogP contribution in [-0.2, 0) is 4.79 Å². The minimum absolute atomic E-state index is 0.0231. The molecule has 2 nitrogen and oxygen atoms in total. The first-order chi connectivity index (χ1) is 2.30. The molecule has 28 valence electrons. The fourth-order valence-electron chi connectivity index (χ4n) is 0.132. The van der Waals surface area contributed by atoms with Crippen molar-refractivity contribution in [3.8, 4) is 0 Å². The van der Waals surface area contributed by atoms with Gasteiger partial charge in [-0.25, -0.2) is 0 Å². The number of Topliss-reactive ketones (excluding diaryl/α,β-unsaturated/α-hetero) is 1. The lowest BCUT2D eigenvalue weighted by Crippen LogP contribution is -1.76. The van der Waals surface area contributed by atoms with E-state index in [2.05, 4.69) is 0 Å². The van der Waals surface area contributed by atoms with Gasteiger partial charge in [0.1, 0.15) is 6.10 Å². The zero-order valence-corrected chi connectivity index (χ0v) is 2.64. The lowest BCUT2D eigenvalue weighted by Gasteiger charge is -1.56. The van der Waals surface area contributed by atoms with Gasteiger partial charge in [0.05, 0.1) is 0 Å². The van der Waals surface area contributed by atoms with Crippen molar-refractivity contribution in [1.29, 1.82) is 0 Å². The molecule has 2 heteroatoms. The Hall–Kier alpha value is -0.370. The predicted molar refractivity (Wildman–Crippen MR) is 15.6 cm³/mol. The molecule has 1 rings (SSSR count). The highest BCUT2D eigenvalue weighted by atomic mass is 16.3. The predicted octanol–water partition coefficient (Wildman–Crippen LogP) is -0.680. The Morgan fingerprint density at radius 1 is 2.00 bits per heavy atom. The zero-order chi connectivity index (χ0) is 3.86. The van der Waals surface area contributed by atoms with E-state index >= 15 is 0 Å². The third-order valence-electron chi connectivity index (χ3n) is 0.606. The lowest BCUT2D eigenvalue weighted by molar-refractivity contribution is -0.112. The van der Waals surface area contributed by atoms with Crippen LogP contribution in [0.3, 0.4) is 0 Å². The van der Waals surface area contributed by atoms with Crippen LogP contribution >= 0.6 is 0 Å². The van der Waals surface area contributed by atoms with Crippen LogP contribution in [0.1, 0.15) is 6.42 Å². The van der Waals surface area contributed by atoms with Crippen molar-refractivity contribution in [3.63, 3.8) is 0 Å². The number of hydrogen-bond acceptors (Lipinski definition) is 2. The van der Waals surface area contributed by atoms with Crippen LogP contribution in [0, 0.1) is 0 Å². The van der Waals surface area contributed by atoms with Gasteiger partial charge in [-0.15, -0.1) is 0 Å². The summed E-state index contributed by atoms with van der Waals surface area (Å²) in [6, 6.07) is 0. The summed E-state index contributed by atoms with van der Waals surface area (Å²) in [5.74, 6) is -0.0231. The van der Waals surface area contributed by atoms with Crippen molar-refractivity contribution in [2.75, 3.05) is 0 Å². The van der Waals surface area contributed by atoms with Crippen molar-refractivity contribution in [2.24, 2.45) is 0 Å². The molecule has 0 aromatic rings. The minimum atomic E-state index is -0.588. The molecule has 1 saturated carbocycles. The van der Waals surface area contributed by atoms with Crippen LogP contribution in [0.2, 0.25) is 0 Å². The van der Waals surface area contributed by atoms with Gasteiger partial charge in [-0.3, -0.25) is 4.79 Å². The quantitative estimate of drug-likeness (QED) is 0.411. The van der Waals surface area contributed by atoms with E-state index in [1.165, 1.54) is 0 Å². The van der Waals surface area contributed by atoms with Gasteiger partial charge in [-0.05, 0) is 0 Å². The topological polar surface area (TPSA) is 37.3 Å². The SMILES string of the molecule is O=C1C[C@@H]1O. The maximum absolute atomic E-state index is 9.64. The van der Waals surface area contributed by atoms with Gasteiger partial charge in [0, 0.05) is 6.42 Å². The molecule has 1 fully saturated rings. The molecular weight excluding hydrogens is 68.0 g/mol. The molecule has 0 aromatic heterocycles. The second-order valence-electron chi connectivity index (χ2n) is 1.19. The molecule has 0 unspecified atom stereocenters. The number of aliphatic hydroxyl groups is 1. The molecule has 1 aliphatic carbocycles. The van der Waals surface area contributed by atoms with Crippen molar-refractivity contribution >= 4 is 5.78 Å². The first kappa shape index (κ1) is 2.85. The summed E-state index contributed by atoms with van der Waals surface area (Å²) in [6.45, 7) is 0. The van der Waals surface area contributed by atoms with E-state index in [1.807, 2.05) is 0 Å². The minimum Gasteiger partial charge on any atom is -0.385 e. The normalized spacial score (nSPS) is 34.6. The smallest absolute Gasteiger partial charge is 0.164 e. The zero-order valence-electron chi connectivity index (χ0n) is 2.64. The number of ketones is 1. The summed E-state index contributed by atoms with van der Waals surface area (Å²) in [5.41, 5.74) is 0. The van der Waals surface area contributed by atoms with Crippen LogP contribution in [0.4, 0.5) is 0 Å². The summed E-state index contributed by atoms with van der Waals surface area (Å²) in [4.78, 5) is 9.64. The third kappa shape index (κ3) is 0.304. The Balaban J connectivity index is 2.47. The van der Waals surface area contributed by atoms with Gasteiger partial charge >= 0.3 is 0 Å². The fourth-order valence-corrected chi connectivity index (χ4v) is 0.132. The Labute approximate surface area is 29.4 Å². The molecule has 5 heavy (non-hydrogen) atoms. The van der Waals surface area contributed by atoms with Gasteiger partial charge < -0.3 is 5.11 Å². The number of rotatable bonds is 0. The number of hydrogen-bond donors (Lipinski definition) is 1. The third-order valence-corrected chi connectivity index (χ3v) is 0.606. The van der Waals surface area contributed by atoms with Crippen LogP contribution < -0.4 is 0 Å². The van der Waals surface area contributed by atoms with Gasteiger partial charge in [0.15, 0.2) is 5.78 Å². The first-order valence-electron chi connectivity index (χ1n) is 1.51. The Morgan fingerprint density at radius 2 is 2.20 bits per heavy atom. The molecule has 0 aromatic carbocycles. The average Bonchev–Trinajstić information content (AvgIpc) is 1.79. The van der Waals surface area contributed by atoms with E-state index in [0.717, 1.165) is 0 Å². The van der Waals surface area contributed by atoms with E-state index in [9.17, 15) is 4.79 Å². The van der Waals surface area contributed by atoms with Gasteiger partial charge in [-0.2, -0.15) is 0 Å². The van der Waals surface area contributed by atoms with Crippen LogP contribution in [-0.4, -0.2) is 17.0 Å². The molecule has 1 aliphatic rings. The maximum Gasteiger partial charge on any atom is 0.164 e. The molecule has 0 aliphatic heterocycles. The van der Waals surface area contributed by atoms with E-state index in [1.54, 1.807) is 0 Å².